The number of carboxylic acids is 1. The summed E-state index contributed by atoms with van der Waals surface area (Å²) in [4.78, 5) is 12.7. The van der Waals surface area contributed by atoms with E-state index in [0.717, 1.165) is 18.9 Å². The number of rotatable bonds is 8. The van der Waals surface area contributed by atoms with E-state index in [2.05, 4.69) is 17.3 Å². The van der Waals surface area contributed by atoms with Crippen molar-refractivity contribution in [1.29, 1.82) is 0 Å². The number of carbonyl (C=O) groups is 1. The summed E-state index contributed by atoms with van der Waals surface area (Å²) in [6, 6.07) is 0. The fourth-order valence-corrected chi connectivity index (χ4v) is 2.48. The minimum atomic E-state index is -0.848. The van der Waals surface area contributed by atoms with Crippen LogP contribution >= 0.6 is 0 Å². The Morgan fingerprint density at radius 2 is 2.33 bits per heavy atom. The van der Waals surface area contributed by atoms with Crippen LogP contribution in [0, 0.1) is 5.92 Å². The first kappa shape index (κ1) is 15.4. The number of piperidine rings is 1. The van der Waals surface area contributed by atoms with Gasteiger partial charge in [-0.1, -0.05) is 0 Å². The van der Waals surface area contributed by atoms with E-state index in [0.29, 0.717) is 13.0 Å². The van der Waals surface area contributed by atoms with Crippen molar-refractivity contribution in [2.45, 2.75) is 38.2 Å². The molecule has 1 aliphatic rings. The van der Waals surface area contributed by atoms with Crippen LogP contribution in [0.4, 0.5) is 0 Å². The standard InChI is InChI=1S/C13H26N2O3/c1-15-8-2-3-11(10-15)6-7-14-9-12(16)4-5-13(17)18/h11-12,14,16H,2-10H2,1H3,(H,17,18). The second-order valence-electron chi connectivity index (χ2n) is 5.35. The van der Waals surface area contributed by atoms with Crippen molar-refractivity contribution < 1.29 is 15.0 Å². The molecule has 5 nitrogen and oxygen atoms in total. The number of likely N-dealkylation sites (tertiary alicyclic amines) is 1. The quantitative estimate of drug-likeness (QED) is 0.554. The summed E-state index contributed by atoms with van der Waals surface area (Å²) in [5, 5.41) is 21.2. The highest BCUT2D eigenvalue weighted by Crippen LogP contribution is 2.17. The van der Waals surface area contributed by atoms with Gasteiger partial charge in [-0.15, -0.1) is 0 Å². The van der Waals surface area contributed by atoms with Crippen molar-refractivity contribution >= 4 is 5.97 Å². The predicted octanol–water partition coefficient (Wildman–Crippen LogP) is 0.534. The third kappa shape index (κ3) is 6.93. The molecule has 18 heavy (non-hydrogen) atoms. The molecule has 3 N–H and O–H groups in total. The largest absolute Gasteiger partial charge is 0.481 e. The Labute approximate surface area is 109 Å². The minimum absolute atomic E-state index is 0.0380. The van der Waals surface area contributed by atoms with E-state index in [1.165, 1.54) is 25.9 Å². The van der Waals surface area contributed by atoms with E-state index in [1.54, 1.807) is 0 Å². The van der Waals surface area contributed by atoms with Crippen molar-refractivity contribution in [3.8, 4) is 0 Å². The lowest BCUT2D eigenvalue weighted by atomic mass is 9.95. The molecule has 0 aromatic heterocycles. The molecule has 0 aromatic rings. The monoisotopic (exact) mass is 258 g/mol. The molecule has 0 amide bonds. The molecular weight excluding hydrogens is 232 g/mol. The lowest BCUT2D eigenvalue weighted by molar-refractivity contribution is -0.137. The topological polar surface area (TPSA) is 72.8 Å². The smallest absolute Gasteiger partial charge is 0.303 e. The summed E-state index contributed by atoms with van der Waals surface area (Å²) in [5.74, 6) is -0.0910. The van der Waals surface area contributed by atoms with Gasteiger partial charge in [0.15, 0.2) is 0 Å². The Kier molecular flexibility index (Phi) is 7.23. The van der Waals surface area contributed by atoms with Gasteiger partial charge >= 0.3 is 5.97 Å². The van der Waals surface area contributed by atoms with Gasteiger partial charge in [0.05, 0.1) is 6.10 Å². The van der Waals surface area contributed by atoms with E-state index >= 15 is 0 Å². The molecule has 1 rings (SSSR count). The normalized spacial score (nSPS) is 22.9. The van der Waals surface area contributed by atoms with Gasteiger partial charge in [0.25, 0.3) is 0 Å². The number of hydrogen-bond acceptors (Lipinski definition) is 4. The van der Waals surface area contributed by atoms with Crippen LogP contribution in [0.25, 0.3) is 0 Å². The van der Waals surface area contributed by atoms with Gasteiger partial charge in [-0.3, -0.25) is 4.79 Å². The van der Waals surface area contributed by atoms with Crippen LogP contribution in [0.5, 0.6) is 0 Å². The van der Waals surface area contributed by atoms with Crippen molar-refractivity contribution in [2.24, 2.45) is 5.92 Å². The zero-order valence-corrected chi connectivity index (χ0v) is 11.3. The average molecular weight is 258 g/mol. The van der Waals surface area contributed by atoms with Crippen molar-refractivity contribution in [2.75, 3.05) is 33.2 Å². The van der Waals surface area contributed by atoms with E-state index in [4.69, 9.17) is 5.11 Å². The van der Waals surface area contributed by atoms with Crippen molar-refractivity contribution in [3.63, 3.8) is 0 Å². The molecule has 1 aliphatic heterocycles. The summed E-state index contributed by atoms with van der Waals surface area (Å²) < 4.78 is 0. The summed E-state index contributed by atoms with van der Waals surface area (Å²) in [5.41, 5.74) is 0. The second kappa shape index (κ2) is 8.45. The number of hydrogen-bond donors (Lipinski definition) is 3. The van der Waals surface area contributed by atoms with Crippen LogP contribution in [0.2, 0.25) is 0 Å². The molecule has 2 unspecified atom stereocenters. The highest BCUT2D eigenvalue weighted by Gasteiger charge is 2.16. The molecule has 1 fully saturated rings. The number of nitrogens with one attached hydrogen (secondary N) is 1. The SMILES string of the molecule is CN1CCCC(CCNCC(O)CCC(=O)O)C1. The molecular formula is C13H26N2O3. The molecule has 0 bridgehead atoms. The van der Waals surface area contributed by atoms with Crippen LogP contribution in [-0.4, -0.2) is 60.4 Å². The van der Waals surface area contributed by atoms with Gasteiger partial charge in [-0.25, -0.2) is 0 Å². The van der Waals surface area contributed by atoms with Gasteiger partial charge in [0.2, 0.25) is 0 Å². The Morgan fingerprint density at radius 1 is 1.56 bits per heavy atom. The molecule has 1 heterocycles. The second-order valence-corrected chi connectivity index (χ2v) is 5.35. The Hall–Kier alpha value is -0.650. The Bertz CT molecular complexity index is 248. The molecule has 0 radical (unpaired) electrons. The molecule has 0 aromatic carbocycles. The van der Waals surface area contributed by atoms with Gasteiger partial charge in [-0.05, 0) is 51.7 Å². The molecule has 5 heteroatoms. The van der Waals surface area contributed by atoms with Crippen LogP contribution in [0.15, 0.2) is 0 Å². The maximum Gasteiger partial charge on any atom is 0.303 e. The van der Waals surface area contributed by atoms with Crippen LogP contribution in [0.3, 0.4) is 0 Å². The first-order chi connectivity index (χ1) is 8.58. The number of nitrogens with zero attached hydrogens (tertiary/aromatic N) is 1. The van der Waals surface area contributed by atoms with Crippen LogP contribution in [0.1, 0.15) is 32.1 Å². The molecule has 106 valence electrons. The maximum absolute atomic E-state index is 10.3. The first-order valence-corrected chi connectivity index (χ1v) is 6.87. The van der Waals surface area contributed by atoms with Crippen LogP contribution < -0.4 is 5.32 Å². The van der Waals surface area contributed by atoms with Crippen LogP contribution in [-0.2, 0) is 4.79 Å². The van der Waals surface area contributed by atoms with Crippen molar-refractivity contribution in [1.82, 2.24) is 10.2 Å². The van der Waals surface area contributed by atoms with E-state index in [9.17, 15) is 9.90 Å². The van der Waals surface area contributed by atoms with E-state index < -0.39 is 12.1 Å². The van der Waals surface area contributed by atoms with Gasteiger partial charge in [0, 0.05) is 19.5 Å². The fourth-order valence-electron chi connectivity index (χ4n) is 2.48. The molecule has 2 atom stereocenters. The van der Waals surface area contributed by atoms with Gasteiger partial charge in [0.1, 0.15) is 0 Å². The number of aliphatic carboxylic acids is 1. The zero-order chi connectivity index (χ0) is 13.4. The predicted molar refractivity (Wildman–Crippen MR) is 70.6 cm³/mol. The van der Waals surface area contributed by atoms with Gasteiger partial charge in [-0.2, -0.15) is 0 Å². The molecule has 0 aliphatic carbocycles. The van der Waals surface area contributed by atoms with Crippen molar-refractivity contribution in [3.05, 3.63) is 0 Å². The third-order valence-corrected chi connectivity index (χ3v) is 3.52. The lowest BCUT2D eigenvalue weighted by Gasteiger charge is -2.29. The Morgan fingerprint density at radius 3 is 3.00 bits per heavy atom. The number of aliphatic hydroxyl groups excluding tert-OH is 1. The minimum Gasteiger partial charge on any atom is -0.481 e. The van der Waals surface area contributed by atoms with E-state index in [1.807, 2.05) is 0 Å². The van der Waals surface area contributed by atoms with Gasteiger partial charge < -0.3 is 20.4 Å². The summed E-state index contributed by atoms with van der Waals surface area (Å²) in [6.45, 7) is 3.78. The summed E-state index contributed by atoms with van der Waals surface area (Å²) in [7, 11) is 2.16. The molecule has 0 saturated carbocycles. The first-order valence-electron chi connectivity index (χ1n) is 6.87. The fraction of sp³-hybridized carbons (Fsp3) is 0.923. The lowest BCUT2D eigenvalue weighted by Crippen LogP contribution is -2.35. The molecule has 0 spiro atoms. The summed E-state index contributed by atoms with van der Waals surface area (Å²) >= 11 is 0. The Balaban J connectivity index is 1.98. The third-order valence-electron chi connectivity index (χ3n) is 3.52. The number of aliphatic hydroxyl groups is 1. The number of carboxylic acid groups (broad SMARTS) is 1. The average Bonchev–Trinajstić information content (AvgIpc) is 2.32. The summed E-state index contributed by atoms with van der Waals surface area (Å²) in [6.07, 6.45) is 3.53. The molecule has 1 saturated heterocycles. The van der Waals surface area contributed by atoms with E-state index in [-0.39, 0.29) is 6.42 Å². The maximum atomic E-state index is 10.3. The highest BCUT2D eigenvalue weighted by atomic mass is 16.4. The zero-order valence-electron chi connectivity index (χ0n) is 11.3. The highest BCUT2D eigenvalue weighted by molar-refractivity contribution is 5.66.